The number of hydrogen-bond acceptors (Lipinski definition) is 5. The summed E-state index contributed by atoms with van der Waals surface area (Å²) in [6, 6.07) is 11.1. The first kappa shape index (κ1) is 15.9. The molecular formula is C19H16N3O4+. The number of amidine groups is 1. The van der Waals surface area contributed by atoms with E-state index in [9.17, 15) is 20.1 Å². The van der Waals surface area contributed by atoms with Crippen LogP contribution in [0.3, 0.4) is 0 Å². The van der Waals surface area contributed by atoms with Crippen molar-refractivity contribution in [1.82, 2.24) is 4.90 Å². The van der Waals surface area contributed by atoms with Gasteiger partial charge in [-0.1, -0.05) is 0 Å². The molecule has 2 aromatic carbocycles. The number of aliphatic imine (C=N–C) groups is 1. The maximum absolute atomic E-state index is 12.2. The molecule has 0 saturated heterocycles. The summed E-state index contributed by atoms with van der Waals surface area (Å²) in [5, 5.41) is 29.0. The summed E-state index contributed by atoms with van der Waals surface area (Å²) in [7, 11) is 1.83. The molecule has 0 aromatic heterocycles. The number of benzene rings is 2. The van der Waals surface area contributed by atoms with E-state index < -0.39 is 0 Å². The molecule has 1 amide bonds. The fourth-order valence-electron chi connectivity index (χ4n) is 3.11. The molecule has 0 radical (unpaired) electrons. The third-order valence-corrected chi connectivity index (χ3v) is 4.43. The van der Waals surface area contributed by atoms with E-state index in [-0.39, 0.29) is 29.7 Å². The minimum Gasteiger partial charge on any atom is -0.508 e. The van der Waals surface area contributed by atoms with E-state index in [1.54, 1.807) is 36.5 Å². The highest BCUT2D eigenvalue weighted by atomic mass is 16.3. The minimum absolute atomic E-state index is 0.0648. The van der Waals surface area contributed by atoms with Crippen LogP contribution >= 0.6 is 0 Å². The number of phenolic OH excluding ortho intramolecular Hbond substituents is 3. The first-order chi connectivity index (χ1) is 12.5. The highest BCUT2D eigenvalue weighted by Gasteiger charge is 2.39. The van der Waals surface area contributed by atoms with Gasteiger partial charge in [0.2, 0.25) is 11.5 Å². The molecule has 26 heavy (non-hydrogen) atoms. The number of nitrogens with zero attached hydrogens (tertiary/aromatic N) is 3. The van der Waals surface area contributed by atoms with Crippen molar-refractivity contribution >= 4 is 23.2 Å². The van der Waals surface area contributed by atoms with E-state index in [4.69, 9.17) is 0 Å². The van der Waals surface area contributed by atoms with E-state index in [0.717, 1.165) is 5.56 Å². The molecule has 2 aliphatic rings. The summed E-state index contributed by atoms with van der Waals surface area (Å²) >= 11 is 0. The van der Waals surface area contributed by atoms with Crippen LogP contribution in [0.25, 0.3) is 5.70 Å². The molecule has 2 aromatic rings. The van der Waals surface area contributed by atoms with Gasteiger partial charge in [-0.15, -0.1) is 0 Å². The molecular weight excluding hydrogens is 334 g/mol. The number of rotatable bonds is 2. The third kappa shape index (κ3) is 2.41. The predicted octanol–water partition coefficient (Wildman–Crippen LogP) is 1.49. The van der Waals surface area contributed by atoms with Gasteiger partial charge < -0.3 is 15.3 Å². The quantitative estimate of drug-likeness (QED) is 0.565. The number of phenols is 3. The number of aromatic hydroxyl groups is 3. The van der Waals surface area contributed by atoms with E-state index in [1.165, 1.54) is 17.0 Å². The Morgan fingerprint density at radius 2 is 1.69 bits per heavy atom. The van der Waals surface area contributed by atoms with Gasteiger partial charge in [-0.05, 0) is 42.5 Å². The Hall–Kier alpha value is -3.61. The Morgan fingerprint density at radius 1 is 1.00 bits per heavy atom. The molecule has 7 nitrogen and oxygen atoms in total. The fraction of sp³-hybridized carbons (Fsp3) is 0.105. The highest BCUT2D eigenvalue weighted by Crippen LogP contribution is 2.31. The molecule has 0 unspecified atom stereocenters. The average molecular weight is 350 g/mol. The van der Waals surface area contributed by atoms with Crippen LogP contribution in [0.15, 0.2) is 53.7 Å². The van der Waals surface area contributed by atoms with E-state index in [0.29, 0.717) is 22.8 Å². The molecule has 0 spiro atoms. The van der Waals surface area contributed by atoms with Crippen molar-refractivity contribution in [3.63, 3.8) is 0 Å². The fourth-order valence-corrected chi connectivity index (χ4v) is 3.11. The second-order valence-electron chi connectivity index (χ2n) is 6.08. The van der Waals surface area contributed by atoms with Crippen molar-refractivity contribution in [2.75, 3.05) is 13.6 Å². The zero-order valence-corrected chi connectivity index (χ0v) is 13.9. The Labute approximate surface area is 149 Å². The first-order valence-corrected chi connectivity index (χ1v) is 7.97. The Balaban J connectivity index is 1.92. The Morgan fingerprint density at radius 3 is 2.38 bits per heavy atom. The van der Waals surface area contributed by atoms with Crippen molar-refractivity contribution < 1.29 is 24.7 Å². The molecule has 7 heteroatoms. The van der Waals surface area contributed by atoms with Gasteiger partial charge in [0.25, 0.3) is 11.6 Å². The summed E-state index contributed by atoms with van der Waals surface area (Å²) in [5.41, 5.74) is 2.80. The lowest BCUT2D eigenvalue weighted by molar-refractivity contribution is -0.395. The SMILES string of the molecule is C[N+]1=C(c2ccc(O)cc2)C2=NCC(=O)N2C=C1c1ccc(O)c(O)c1. The van der Waals surface area contributed by atoms with E-state index in [1.807, 2.05) is 11.6 Å². The van der Waals surface area contributed by atoms with Gasteiger partial charge in [0.1, 0.15) is 19.3 Å². The zero-order valence-electron chi connectivity index (χ0n) is 13.9. The van der Waals surface area contributed by atoms with Crippen LogP contribution in [0.5, 0.6) is 17.2 Å². The number of fused-ring (bicyclic) bond motifs is 1. The van der Waals surface area contributed by atoms with Gasteiger partial charge in [0.15, 0.2) is 11.5 Å². The van der Waals surface area contributed by atoms with Gasteiger partial charge in [0.05, 0.1) is 17.3 Å². The largest absolute Gasteiger partial charge is 0.508 e. The van der Waals surface area contributed by atoms with Crippen LogP contribution < -0.4 is 0 Å². The van der Waals surface area contributed by atoms with Crippen molar-refractivity contribution in [2.24, 2.45) is 4.99 Å². The molecule has 0 saturated carbocycles. The molecule has 130 valence electrons. The van der Waals surface area contributed by atoms with E-state index >= 15 is 0 Å². The third-order valence-electron chi connectivity index (χ3n) is 4.43. The lowest BCUT2D eigenvalue weighted by Gasteiger charge is -2.21. The van der Waals surface area contributed by atoms with Gasteiger partial charge >= 0.3 is 0 Å². The molecule has 0 fully saturated rings. The van der Waals surface area contributed by atoms with Gasteiger partial charge in [-0.3, -0.25) is 14.7 Å². The molecule has 0 aliphatic carbocycles. The second-order valence-corrected chi connectivity index (χ2v) is 6.08. The molecule has 2 heterocycles. The van der Waals surface area contributed by atoms with Crippen LogP contribution in [-0.4, -0.2) is 55.8 Å². The zero-order chi connectivity index (χ0) is 18.4. The Kier molecular flexibility index (Phi) is 3.50. The molecule has 0 atom stereocenters. The van der Waals surface area contributed by atoms with E-state index in [2.05, 4.69) is 4.99 Å². The summed E-state index contributed by atoms with van der Waals surface area (Å²) < 4.78 is 1.87. The minimum atomic E-state index is -0.241. The molecule has 3 N–H and O–H groups in total. The number of carbonyl (C=O) groups is 1. The summed E-state index contributed by atoms with van der Waals surface area (Å²) in [6.07, 6.45) is 1.67. The molecule has 0 bridgehead atoms. The Bertz CT molecular complexity index is 1020. The smallest absolute Gasteiger partial charge is 0.256 e. The van der Waals surface area contributed by atoms with Gasteiger partial charge in [0, 0.05) is 0 Å². The van der Waals surface area contributed by atoms with Crippen LogP contribution in [0.1, 0.15) is 11.1 Å². The second kappa shape index (κ2) is 5.73. The van der Waals surface area contributed by atoms with Crippen molar-refractivity contribution in [1.29, 1.82) is 0 Å². The lowest BCUT2D eigenvalue weighted by Crippen LogP contribution is -2.41. The summed E-state index contributed by atoms with van der Waals surface area (Å²) in [4.78, 5) is 18.1. The molecule has 2 aliphatic heterocycles. The van der Waals surface area contributed by atoms with Crippen LogP contribution in [0.2, 0.25) is 0 Å². The predicted molar refractivity (Wildman–Crippen MR) is 95.3 cm³/mol. The van der Waals surface area contributed by atoms with Crippen LogP contribution in [0.4, 0.5) is 0 Å². The number of amides is 1. The first-order valence-electron chi connectivity index (χ1n) is 7.97. The summed E-state index contributed by atoms with van der Waals surface area (Å²) in [6.45, 7) is 0.0648. The normalized spacial score (nSPS) is 16.5. The van der Waals surface area contributed by atoms with Gasteiger partial charge in [-0.25, -0.2) is 0 Å². The number of hydrogen-bond donors (Lipinski definition) is 3. The summed E-state index contributed by atoms with van der Waals surface area (Å²) in [5.74, 6) is 0.0818. The molecule has 4 rings (SSSR count). The van der Waals surface area contributed by atoms with Gasteiger partial charge in [-0.2, -0.15) is 4.58 Å². The van der Waals surface area contributed by atoms with Crippen molar-refractivity contribution in [3.8, 4) is 17.2 Å². The highest BCUT2D eigenvalue weighted by molar-refractivity contribution is 6.49. The maximum atomic E-state index is 12.2. The topological polar surface area (TPSA) is 96.4 Å². The van der Waals surface area contributed by atoms with Crippen LogP contribution in [-0.2, 0) is 4.79 Å². The standard InChI is InChI=1S/C19H15N3O4/c1-21-14(12-4-7-15(24)16(25)8-12)10-22-17(26)9-20-19(22)18(21)11-2-5-13(23)6-3-11/h2-8,10H,9H2,1H3,(H2,20,23,24,25)/p+1. The van der Waals surface area contributed by atoms with Crippen molar-refractivity contribution in [2.45, 2.75) is 0 Å². The van der Waals surface area contributed by atoms with Crippen LogP contribution in [0, 0.1) is 0 Å². The average Bonchev–Trinajstić information content (AvgIpc) is 2.99. The number of carbonyl (C=O) groups excluding carboxylic acids is 1. The monoisotopic (exact) mass is 350 g/mol. The maximum Gasteiger partial charge on any atom is 0.256 e. The lowest BCUT2D eigenvalue weighted by atomic mass is 10.0. The van der Waals surface area contributed by atoms with Crippen molar-refractivity contribution in [3.05, 3.63) is 59.8 Å².